The minimum Gasteiger partial charge on any atom is -0.496 e. The molecule has 108 valence electrons. The molecule has 2 rings (SSSR count). The van der Waals surface area contributed by atoms with Crippen LogP contribution in [-0.4, -0.2) is 31.0 Å². The van der Waals surface area contributed by atoms with Crippen LogP contribution in [0.1, 0.15) is 30.9 Å². The molecule has 0 radical (unpaired) electrons. The van der Waals surface area contributed by atoms with E-state index in [1.807, 2.05) is 23.1 Å². The van der Waals surface area contributed by atoms with Crippen molar-refractivity contribution < 1.29 is 9.53 Å². The number of carbonyl (C=O) groups is 1. The largest absolute Gasteiger partial charge is 0.496 e. The number of ether oxygens (including phenoxy) is 1. The second kappa shape index (κ2) is 6.60. The van der Waals surface area contributed by atoms with E-state index in [2.05, 4.69) is 13.5 Å². The van der Waals surface area contributed by atoms with Crippen molar-refractivity contribution in [2.75, 3.05) is 20.2 Å². The van der Waals surface area contributed by atoms with Gasteiger partial charge in [-0.15, -0.1) is 0 Å². The minimum absolute atomic E-state index is 0.191. The Kier molecular flexibility index (Phi) is 4.83. The number of hydrogen-bond donors (Lipinski definition) is 0. The molecule has 0 aromatic heterocycles. The highest BCUT2D eigenvalue weighted by Gasteiger charge is 2.21. The highest BCUT2D eigenvalue weighted by molar-refractivity contribution is 5.80. The van der Waals surface area contributed by atoms with Crippen molar-refractivity contribution in [3.63, 3.8) is 0 Å². The molecule has 1 fully saturated rings. The first kappa shape index (κ1) is 14.6. The molecule has 0 spiro atoms. The maximum atomic E-state index is 12.4. The summed E-state index contributed by atoms with van der Waals surface area (Å²) in [5, 5.41) is 0. The summed E-state index contributed by atoms with van der Waals surface area (Å²) in [5.41, 5.74) is 1.95. The summed E-state index contributed by atoms with van der Waals surface area (Å²) in [6, 6.07) is 5.83. The van der Waals surface area contributed by atoms with Gasteiger partial charge in [-0.1, -0.05) is 25.6 Å². The molecule has 1 heterocycles. The van der Waals surface area contributed by atoms with Gasteiger partial charge in [-0.05, 0) is 36.5 Å². The molecule has 1 saturated heterocycles. The van der Waals surface area contributed by atoms with Crippen LogP contribution in [0.3, 0.4) is 0 Å². The predicted molar refractivity (Wildman–Crippen MR) is 81.8 cm³/mol. The molecular formula is C17H23NO2. The van der Waals surface area contributed by atoms with E-state index in [1.165, 1.54) is 6.42 Å². The number of nitrogens with zero attached hydrogens (tertiary/aromatic N) is 1. The summed E-state index contributed by atoms with van der Waals surface area (Å²) in [4.78, 5) is 14.4. The first-order chi connectivity index (χ1) is 9.63. The zero-order chi connectivity index (χ0) is 14.5. The van der Waals surface area contributed by atoms with Crippen LogP contribution in [0.2, 0.25) is 0 Å². The van der Waals surface area contributed by atoms with Crippen LogP contribution in [0.4, 0.5) is 0 Å². The number of amides is 1. The van der Waals surface area contributed by atoms with Crippen LogP contribution in [0, 0.1) is 5.92 Å². The highest BCUT2D eigenvalue weighted by atomic mass is 16.5. The Labute approximate surface area is 121 Å². The Hall–Kier alpha value is -1.77. The van der Waals surface area contributed by atoms with Crippen molar-refractivity contribution >= 4 is 12.0 Å². The maximum absolute atomic E-state index is 12.4. The second-order valence-corrected chi connectivity index (χ2v) is 5.54. The monoisotopic (exact) mass is 273 g/mol. The normalized spacial score (nSPS) is 18.7. The van der Waals surface area contributed by atoms with Crippen LogP contribution in [0.5, 0.6) is 5.75 Å². The average Bonchev–Trinajstić information content (AvgIpc) is 2.47. The summed E-state index contributed by atoms with van der Waals surface area (Å²) in [7, 11) is 1.64. The maximum Gasteiger partial charge on any atom is 0.227 e. The van der Waals surface area contributed by atoms with E-state index < -0.39 is 0 Å². The molecule has 3 nitrogen and oxygen atoms in total. The molecule has 0 saturated carbocycles. The van der Waals surface area contributed by atoms with Crippen LogP contribution < -0.4 is 4.74 Å². The van der Waals surface area contributed by atoms with Crippen LogP contribution in [-0.2, 0) is 11.2 Å². The standard InChI is InChI=1S/C17H23NO2/c1-4-14-7-8-16(20-3)15(10-14)11-17(19)18-9-5-6-13(2)12-18/h4,7-8,10,13H,1,5-6,9,11-12H2,2-3H3. The van der Waals surface area contributed by atoms with Gasteiger partial charge in [0.1, 0.15) is 5.75 Å². The molecular weight excluding hydrogens is 250 g/mol. The van der Waals surface area contributed by atoms with Crippen LogP contribution in [0.25, 0.3) is 6.08 Å². The van der Waals surface area contributed by atoms with E-state index in [4.69, 9.17) is 4.74 Å². The number of methoxy groups -OCH3 is 1. The topological polar surface area (TPSA) is 29.5 Å². The first-order valence-electron chi connectivity index (χ1n) is 7.21. The average molecular weight is 273 g/mol. The molecule has 20 heavy (non-hydrogen) atoms. The smallest absolute Gasteiger partial charge is 0.227 e. The van der Waals surface area contributed by atoms with Gasteiger partial charge in [0, 0.05) is 18.7 Å². The fourth-order valence-electron chi connectivity index (χ4n) is 2.75. The summed E-state index contributed by atoms with van der Waals surface area (Å²) in [5.74, 6) is 1.57. The third-order valence-corrected chi connectivity index (χ3v) is 3.89. The van der Waals surface area contributed by atoms with Gasteiger partial charge in [-0.25, -0.2) is 0 Å². The molecule has 0 aliphatic carbocycles. The second-order valence-electron chi connectivity index (χ2n) is 5.54. The van der Waals surface area contributed by atoms with Gasteiger partial charge >= 0.3 is 0 Å². The van der Waals surface area contributed by atoms with Gasteiger partial charge in [-0.2, -0.15) is 0 Å². The number of hydrogen-bond acceptors (Lipinski definition) is 2. The van der Waals surface area contributed by atoms with E-state index in [0.717, 1.165) is 36.4 Å². The molecule has 1 aromatic rings. The number of piperidine rings is 1. The summed E-state index contributed by atoms with van der Waals surface area (Å²) in [6.07, 6.45) is 4.52. The van der Waals surface area contributed by atoms with Crippen molar-refractivity contribution in [1.82, 2.24) is 4.90 Å². The van der Waals surface area contributed by atoms with Crippen molar-refractivity contribution in [1.29, 1.82) is 0 Å². The fraction of sp³-hybridized carbons (Fsp3) is 0.471. The fourth-order valence-corrected chi connectivity index (χ4v) is 2.75. The zero-order valence-electron chi connectivity index (χ0n) is 12.4. The van der Waals surface area contributed by atoms with E-state index >= 15 is 0 Å². The van der Waals surface area contributed by atoms with Gasteiger partial charge in [-0.3, -0.25) is 4.79 Å². The number of benzene rings is 1. The minimum atomic E-state index is 0.191. The predicted octanol–water partition coefficient (Wildman–Crippen LogP) is 3.14. The molecule has 0 bridgehead atoms. The Morgan fingerprint density at radius 3 is 3.00 bits per heavy atom. The van der Waals surface area contributed by atoms with Crippen LogP contribution >= 0.6 is 0 Å². The quantitative estimate of drug-likeness (QED) is 0.843. The first-order valence-corrected chi connectivity index (χ1v) is 7.21. The van der Waals surface area contributed by atoms with Crippen LogP contribution in [0.15, 0.2) is 24.8 Å². The number of likely N-dealkylation sites (tertiary alicyclic amines) is 1. The van der Waals surface area contributed by atoms with Gasteiger partial charge in [0.25, 0.3) is 0 Å². The van der Waals surface area contributed by atoms with Crippen molar-refractivity contribution in [3.8, 4) is 5.75 Å². The molecule has 1 aromatic carbocycles. The molecule has 1 aliphatic heterocycles. The van der Waals surface area contributed by atoms with E-state index in [-0.39, 0.29) is 5.91 Å². The summed E-state index contributed by atoms with van der Waals surface area (Å²) < 4.78 is 5.35. The zero-order valence-corrected chi connectivity index (χ0v) is 12.4. The summed E-state index contributed by atoms with van der Waals surface area (Å²) in [6.45, 7) is 7.74. The SMILES string of the molecule is C=Cc1ccc(OC)c(CC(=O)N2CCCC(C)C2)c1. The highest BCUT2D eigenvalue weighted by Crippen LogP contribution is 2.23. The Bertz CT molecular complexity index is 496. The van der Waals surface area contributed by atoms with E-state index in [1.54, 1.807) is 13.2 Å². The van der Waals surface area contributed by atoms with Gasteiger partial charge in [0.05, 0.1) is 13.5 Å². The van der Waals surface area contributed by atoms with Gasteiger partial charge in [0.2, 0.25) is 5.91 Å². The number of carbonyl (C=O) groups excluding carboxylic acids is 1. The van der Waals surface area contributed by atoms with Crippen molar-refractivity contribution in [2.24, 2.45) is 5.92 Å². The molecule has 3 heteroatoms. The van der Waals surface area contributed by atoms with E-state index in [0.29, 0.717) is 12.3 Å². The molecule has 1 amide bonds. The van der Waals surface area contributed by atoms with Crippen molar-refractivity contribution in [2.45, 2.75) is 26.2 Å². The Morgan fingerprint density at radius 2 is 2.35 bits per heavy atom. The van der Waals surface area contributed by atoms with Crippen molar-refractivity contribution in [3.05, 3.63) is 35.9 Å². The lowest BCUT2D eigenvalue weighted by molar-refractivity contribution is -0.132. The number of rotatable bonds is 4. The molecule has 1 unspecified atom stereocenters. The Balaban J connectivity index is 2.11. The van der Waals surface area contributed by atoms with Gasteiger partial charge in [0.15, 0.2) is 0 Å². The Morgan fingerprint density at radius 1 is 1.55 bits per heavy atom. The summed E-state index contributed by atoms with van der Waals surface area (Å²) >= 11 is 0. The molecule has 1 aliphatic rings. The third kappa shape index (κ3) is 3.41. The lowest BCUT2D eigenvalue weighted by Crippen LogP contribution is -2.39. The van der Waals surface area contributed by atoms with Gasteiger partial charge < -0.3 is 9.64 Å². The lowest BCUT2D eigenvalue weighted by Gasteiger charge is -2.31. The molecule has 0 N–H and O–H groups in total. The third-order valence-electron chi connectivity index (χ3n) is 3.89. The molecule has 1 atom stereocenters. The lowest BCUT2D eigenvalue weighted by atomic mass is 9.99. The van der Waals surface area contributed by atoms with E-state index in [9.17, 15) is 4.79 Å².